The van der Waals surface area contributed by atoms with Gasteiger partial charge in [-0.3, -0.25) is 9.80 Å². The third kappa shape index (κ3) is 9.62. The highest BCUT2D eigenvalue weighted by molar-refractivity contribution is 5.81. The molecule has 0 spiro atoms. The van der Waals surface area contributed by atoms with Gasteiger partial charge in [0.2, 0.25) is 0 Å². The van der Waals surface area contributed by atoms with Crippen LogP contribution in [0.1, 0.15) is 98.1 Å². The topological polar surface area (TPSA) is 42.1 Å². The van der Waals surface area contributed by atoms with Gasteiger partial charge in [-0.15, -0.1) is 0 Å². The zero-order valence-electron chi connectivity index (χ0n) is 34.5. The number of hydrogen-bond acceptors (Lipinski definition) is 4. The third-order valence-corrected chi connectivity index (χ3v) is 13.6. The van der Waals surface area contributed by atoms with E-state index in [1.165, 1.54) is 74.4 Å². The number of likely N-dealkylation sites (tertiary alicyclic amines) is 2. The Labute approximate surface area is 347 Å². The predicted octanol–water partition coefficient (Wildman–Crippen LogP) is 10.9. The van der Waals surface area contributed by atoms with Gasteiger partial charge in [-0.2, -0.15) is 0 Å². The Hall–Kier alpha value is -4.47. The van der Waals surface area contributed by atoms with E-state index in [1.807, 2.05) is 12.1 Å². The van der Waals surface area contributed by atoms with E-state index < -0.39 is 0 Å². The molecule has 4 aliphatic heterocycles. The lowest BCUT2D eigenvalue weighted by Gasteiger charge is -2.32. The lowest BCUT2D eigenvalue weighted by molar-refractivity contribution is 0.166. The van der Waals surface area contributed by atoms with Crippen molar-refractivity contribution in [3.63, 3.8) is 0 Å². The highest BCUT2D eigenvalue weighted by Crippen LogP contribution is 2.32. The van der Waals surface area contributed by atoms with Crippen LogP contribution in [0, 0.1) is 29.3 Å². The Bertz CT molecular complexity index is 2320. The highest BCUT2D eigenvalue weighted by atomic mass is 19.1. The molecule has 0 N–H and O–H groups in total. The quantitative estimate of drug-likeness (QED) is 0.124. The number of aromatic nitrogens is 4. The number of halogens is 3. The van der Waals surface area contributed by atoms with Crippen molar-refractivity contribution in [2.75, 3.05) is 26.2 Å². The van der Waals surface area contributed by atoms with Crippen molar-refractivity contribution in [2.24, 2.45) is 11.8 Å². The second-order valence-electron chi connectivity index (χ2n) is 17.8. The van der Waals surface area contributed by atoms with E-state index in [-0.39, 0.29) is 17.5 Å². The SMILES string of the molecule is Fc1cc2c3c(c1)nc(CN1CCC(CCCc4ccccc4)CC1)n3CCC2.Fc1ccc(CCCC2CCN(Cc3nc4cc(F)cc5c4n3CCC5)CC2)cc1. The first kappa shape index (κ1) is 40.0. The van der Waals surface area contributed by atoms with E-state index in [1.54, 1.807) is 36.4 Å². The second kappa shape index (κ2) is 18.4. The van der Waals surface area contributed by atoms with E-state index in [0.29, 0.717) is 0 Å². The maximum absolute atomic E-state index is 13.9. The third-order valence-electron chi connectivity index (χ3n) is 13.6. The molecule has 0 amide bonds. The molecule has 6 heterocycles. The average Bonchev–Trinajstić information content (AvgIpc) is 3.78. The zero-order valence-corrected chi connectivity index (χ0v) is 34.5. The molecule has 6 nitrogen and oxygen atoms in total. The first-order valence-electron chi connectivity index (χ1n) is 22.5. The molecule has 0 saturated carbocycles. The van der Waals surface area contributed by atoms with Crippen molar-refractivity contribution in [3.05, 3.63) is 130 Å². The first-order valence-corrected chi connectivity index (χ1v) is 22.5. The number of hydrogen-bond donors (Lipinski definition) is 0. The van der Waals surface area contributed by atoms with Crippen LogP contribution in [0.5, 0.6) is 0 Å². The van der Waals surface area contributed by atoms with Crippen molar-refractivity contribution in [1.82, 2.24) is 28.9 Å². The molecule has 2 fully saturated rings. The van der Waals surface area contributed by atoms with E-state index >= 15 is 0 Å². The van der Waals surface area contributed by atoms with Gasteiger partial charge in [-0.1, -0.05) is 55.3 Å². The van der Waals surface area contributed by atoms with Crippen molar-refractivity contribution < 1.29 is 13.2 Å². The van der Waals surface area contributed by atoms with Crippen LogP contribution in [0.3, 0.4) is 0 Å². The molecule has 0 bridgehead atoms. The van der Waals surface area contributed by atoms with Crippen LogP contribution in [0.15, 0.2) is 78.9 Å². The molecule has 4 aliphatic rings. The number of benzene rings is 4. The summed E-state index contributed by atoms with van der Waals surface area (Å²) in [6.45, 7) is 8.27. The minimum absolute atomic E-state index is 0.151. The summed E-state index contributed by atoms with van der Waals surface area (Å²) in [4.78, 5) is 14.7. The van der Waals surface area contributed by atoms with Crippen LogP contribution in [0.2, 0.25) is 0 Å². The monoisotopic (exact) mass is 800 g/mol. The van der Waals surface area contributed by atoms with E-state index in [4.69, 9.17) is 9.97 Å². The van der Waals surface area contributed by atoms with E-state index in [0.717, 1.165) is 136 Å². The minimum Gasteiger partial charge on any atom is -0.327 e. The Morgan fingerprint density at radius 2 is 0.966 bits per heavy atom. The Morgan fingerprint density at radius 1 is 0.508 bits per heavy atom. The van der Waals surface area contributed by atoms with Crippen LogP contribution in [0.25, 0.3) is 22.1 Å². The molecule has 2 aromatic heterocycles. The Morgan fingerprint density at radius 3 is 1.44 bits per heavy atom. The van der Waals surface area contributed by atoms with Crippen molar-refractivity contribution in [3.8, 4) is 0 Å². The summed E-state index contributed by atoms with van der Waals surface area (Å²) in [5.41, 5.74) is 8.89. The molecule has 0 atom stereocenters. The molecule has 310 valence electrons. The van der Waals surface area contributed by atoms with Gasteiger partial charge in [-0.25, -0.2) is 23.1 Å². The summed E-state index contributed by atoms with van der Waals surface area (Å²) >= 11 is 0. The largest absolute Gasteiger partial charge is 0.327 e. The minimum atomic E-state index is -0.169. The number of piperidine rings is 2. The normalized spacial score (nSPS) is 17.7. The lowest BCUT2D eigenvalue weighted by Crippen LogP contribution is -2.34. The summed E-state index contributed by atoms with van der Waals surface area (Å²) in [6, 6.07) is 24.3. The fraction of sp³-hybridized carbons (Fsp3) is 0.480. The van der Waals surface area contributed by atoms with Crippen LogP contribution in [-0.4, -0.2) is 55.1 Å². The number of nitrogens with zero attached hydrogens (tertiary/aromatic N) is 6. The molecule has 2 saturated heterocycles. The Balaban J connectivity index is 0.000000152. The van der Waals surface area contributed by atoms with Gasteiger partial charge in [0.15, 0.2) is 0 Å². The molecule has 6 aromatic rings. The highest BCUT2D eigenvalue weighted by Gasteiger charge is 2.26. The van der Waals surface area contributed by atoms with Gasteiger partial charge in [0, 0.05) is 25.2 Å². The van der Waals surface area contributed by atoms with Gasteiger partial charge in [0.25, 0.3) is 0 Å². The molecular formula is C50H59F3N6. The predicted molar refractivity (Wildman–Crippen MR) is 231 cm³/mol. The van der Waals surface area contributed by atoms with Crippen LogP contribution >= 0.6 is 0 Å². The molecule has 59 heavy (non-hydrogen) atoms. The summed E-state index contributed by atoms with van der Waals surface area (Å²) in [7, 11) is 0. The van der Waals surface area contributed by atoms with Gasteiger partial charge < -0.3 is 9.13 Å². The van der Waals surface area contributed by atoms with Gasteiger partial charge >= 0.3 is 0 Å². The number of rotatable bonds is 12. The standard InChI is InChI=1S/C25H29F2N3.C25H30FN3/c26-21-8-6-18(7-9-21)3-1-4-19-10-13-29(14-11-19)17-24-28-23-16-22(27)15-20-5-2-12-30(24)25(20)23;26-22-16-21-10-5-13-29-24(27-23(17-22)25(21)29)18-28-14-11-20(12-15-28)9-4-8-19-6-2-1-3-7-19/h6-9,15-16,19H,1-5,10-14,17H2;1-3,6-7,16-17,20H,4-5,8-15,18H2. The van der Waals surface area contributed by atoms with Crippen molar-refractivity contribution >= 4 is 22.1 Å². The number of aryl methyl sites for hydroxylation is 6. The fourth-order valence-electron chi connectivity index (χ4n) is 10.4. The molecule has 0 radical (unpaired) electrons. The second-order valence-corrected chi connectivity index (χ2v) is 17.8. The summed E-state index contributed by atoms with van der Waals surface area (Å²) in [5, 5.41) is 0. The fourth-order valence-corrected chi connectivity index (χ4v) is 10.4. The molecule has 0 aliphatic carbocycles. The van der Waals surface area contributed by atoms with Crippen LogP contribution in [-0.2, 0) is 51.9 Å². The number of imidazole rings is 2. The van der Waals surface area contributed by atoms with E-state index in [9.17, 15) is 13.2 Å². The molecule has 10 rings (SSSR count). The van der Waals surface area contributed by atoms with Gasteiger partial charge in [-0.05, 0) is 162 Å². The maximum Gasteiger partial charge on any atom is 0.125 e. The summed E-state index contributed by atoms with van der Waals surface area (Å²) < 4.78 is 45.5. The van der Waals surface area contributed by atoms with Crippen LogP contribution < -0.4 is 0 Å². The summed E-state index contributed by atoms with van der Waals surface area (Å²) in [5.74, 6) is 3.36. The zero-order chi connectivity index (χ0) is 40.1. The summed E-state index contributed by atoms with van der Waals surface area (Å²) in [6.07, 6.45) is 16.3. The van der Waals surface area contributed by atoms with Crippen LogP contribution in [0.4, 0.5) is 13.2 Å². The smallest absolute Gasteiger partial charge is 0.125 e. The molecule has 0 unspecified atom stereocenters. The first-order chi connectivity index (χ1) is 28.9. The molecular weight excluding hydrogens is 742 g/mol. The van der Waals surface area contributed by atoms with E-state index in [2.05, 4.69) is 49.3 Å². The van der Waals surface area contributed by atoms with Crippen molar-refractivity contribution in [1.29, 1.82) is 0 Å². The van der Waals surface area contributed by atoms with Gasteiger partial charge in [0.1, 0.15) is 29.1 Å². The maximum atomic E-state index is 13.9. The average molecular weight is 801 g/mol. The molecule has 9 heteroatoms. The van der Waals surface area contributed by atoms with Crippen molar-refractivity contribution in [2.45, 2.75) is 116 Å². The van der Waals surface area contributed by atoms with Gasteiger partial charge in [0.05, 0.1) is 35.2 Å². The lowest BCUT2D eigenvalue weighted by atomic mass is 9.91. The Kier molecular flexibility index (Phi) is 12.5. The molecule has 4 aromatic carbocycles.